The smallest absolute Gasteiger partial charge is 0.172 e. The van der Waals surface area contributed by atoms with Crippen molar-refractivity contribution in [1.29, 1.82) is 0 Å². The van der Waals surface area contributed by atoms with Gasteiger partial charge in [-0.05, 0) is 12.1 Å². The molecule has 2 heterocycles. The monoisotopic (exact) mass is 239 g/mol. The van der Waals surface area contributed by atoms with Crippen LogP contribution in [0.4, 0.5) is 11.4 Å². The topological polar surface area (TPSA) is 28.0 Å². The Balaban J connectivity index is 2.27. The Morgan fingerprint density at radius 3 is 3.00 bits per heavy atom. The first kappa shape index (κ1) is 9.19. The molecule has 0 atom stereocenters. The highest BCUT2D eigenvalue weighted by molar-refractivity contribution is 6.85. The van der Waals surface area contributed by atoms with E-state index in [0.29, 0.717) is 10.2 Å². The Bertz CT molecular complexity index is 493. The summed E-state index contributed by atoms with van der Waals surface area (Å²) in [5, 5.41) is 1.05. The van der Waals surface area contributed by atoms with E-state index in [9.17, 15) is 0 Å². The van der Waals surface area contributed by atoms with Crippen molar-refractivity contribution in [3.8, 4) is 0 Å². The van der Waals surface area contributed by atoms with Gasteiger partial charge in [0.05, 0.1) is 17.3 Å². The van der Waals surface area contributed by atoms with E-state index in [1.807, 2.05) is 18.2 Å². The van der Waals surface area contributed by atoms with Gasteiger partial charge in [0, 0.05) is 6.54 Å². The summed E-state index contributed by atoms with van der Waals surface area (Å²) in [6, 6.07) is 5.70. The standard InChI is InChI=1S/C10H7Cl2N3/c11-6-2-1-3-7-8(6)14-9(12)10-13-4-5-15(7)10/h1-3H,4-5H2. The molecule has 15 heavy (non-hydrogen) atoms. The zero-order chi connectivity index (χ0) is 10.4. The van der Waals surface area contributed by atoms with Crippen LogP contribution in [0.5, 0.6) is 0 Å². The molecule has 0 fully saturated rings. The Morgan fingerprint density at radius 2 is 2.13 bits per heavy atom. The number of aliphatic imine (C=N–C) groups is 2. The van der Waals surface area contributed by atoms with Crippen molar-refractivity contribution in [2.24, 2.45) is 9.98 Å². The van der Waals surface area contributed by atoms with E-state index in [1.165, 1.54) is 0 Å². The molecule has 0 spiro atoms. The number of para-hydroxylation sites is 1. The molecule has 0 amide bonds. The van der Waals surface area contributed by atoms with Gasteiger partial charge in [-0.25, -0.2) is 4.99 Å². The molecule has 3 nitrogen and oxygen atoms in total. The normalized spacial score (nSPS) is 18.1. The summed E-state index contributed by atoms with van der Waals surface area (Å²) >= 11 is 12.1. The summed E-state index contributed by atoms with van der Waals surface area (Å²) in [5.74, 6) is 0.756. The lowest BCUT2D eigenvalue weighted by molar-refractivity contribution is 1.02. The minimum atomic E-state index is 0.424. The van der Waals surface area contributed by atoms with Gasteiger partial charge in [0.2, 0.25) is 0 Å². The number of fused-ring (bicyclic) bond motifs is 3. The second-order valence-corrected chi connectivity index (χ2v) is 4.13. The highest BCUT2D eigenvalue weighted by Crippen LogP contribution is 2.40. The van der Waals surface area contributed by atoms with Gasteiger partial charge in [0.15, 0.2) is 11.0 Å². The maximum Gasteiger partial charge on any atom is 0.172 e. The number of nitrogens with zero attached hydrogens (tertiary/aromatic N) is 3. The second-order valence-electron chi connectivity index (χ2n) is 3.37. The molecule has 2 aliphatic rings. The van der Waals surface area contributed by atoms with Gasteiger partial charge in [0.25, 0.3) is 0 Å². The molecule has 1 aromatic rings. The zero-order valence-corrected chi connectivity index (χ0v) is 9.26. The first-order valence-electron chi connectivity index (χ1n) is 4.62. The van der Waals surface area contributed by atoms with Crippen LogP contribution < -0.4 is 4.90 Å². The maximum absolute atomic E-state index is 6.07. The molecule has 0 saturated carbocycles. The Labute approximate surface area is 97.0 Å². The Morgan fingerprint density at radius 1 is 1.27 bits per heavy atom. The van der Waals surface area contributed by atoms with Gasteiger partial charge in [-0.1, -0.05) is 29.3 Å². The van der Waals surface area contributed by atoms with Crippen LogP contribution in [-0.4, -0.2) is 24.1 Å². The van der Waals surface area contributed by atoms with Crippen molar-refractivity contribution >= 4 is 45.6 Å². The van der Waals surface area contributed by atoms with Crippen molar-refractivity contribution in [2.45, 2.75) is 0 Å². The zero-order valence-electron chi connectivity index (χ0n) is 7.74. The van der Waals surface area contributed by atoms with Gasteiger partial charge in [-0.2, -0.15) is 0 Å². The van der Waals surface area contributed by atoms with Crippen LogP contribution in [-0.2, 0) is 0 Å². The minimum absolute atomic E-state index is 0.424. The lowest BCUT2D eigenvalue weighted by atomic mass is 10.2. The summed E-state index contributed by atoms with van der Waals surface area (Å²) in [6.07, 6.45) is 0. The number of hydrogen-bond donors (Lipinski definition) is 0. The van der Waals surface area contributed by atoms with Crippen molar-refractivity contribution in [3.05, 3.63) is 23.2 Å². The van der Waals surface area contributed by atoms with Crippen molar-refractivity contribution in [3.63, 3.8) is 0 Å². The summed E-state index contributed by atoms with van der Waals surface area (Å²) in [5.41, 5.74) is 1.73. The number of rotatable bonds is 0. The van der Waals surface area contributed by atoms with Crippen LogP contribution in [0.3, 0.4) is 0 Å². The number of anilines is 1. The highest BCUT2D eigenvalue weighted by Gasteiger charge is 2.29. The average molecular weight is 240 g/mol. The van der Waals surface area contributed by atoms with E-state index in [1.54, 1.807) is 0 Å². The molecule has 0 aliphatic carbocycles. The summed E-state index contributed by atoms with van der Waals surface area (Å²) in [4.78, 5) is 10.6. The summed E-state index contributed by atoms with van der Waals surface area (Å²) < 4.78 is 0. The Kier molecular flexibility index (Phi) is 1.97. The summed E-state index contributed by atoms with van der Waals surface area (Å²) in [6.45, 7) is 1.60. The van der Waals surface area contributed by atoms with Crippen LogP contribution in [0, 0.1) is 0 Å². The fraction of sp³-hybridized carbons (Fsp3) is 0.200. The van der Waals surface area contributed by atoms with Gasteiger partial charge in [0.1, 0.15) is 5.69 Å². The third-order valence-electron chi connectivity index (χ3n) is 2.49. The molecular weight excluding hydrogens is 233 g/mol. The SMILES string of the molecule is ClC1=Nc2c(Cl)cccc2N2CCN=C12. The number of halogens is 2. The van der Waals surface area contributed by atoms with Crippen LogP contribution in [0.15, 0.2) is 28.2 Å². The minimum Gasteiger partial charge on any atom is -0.320 e. The maximum atomic E-state index is 6.07. The largest absolute Gasteiger partial charge is 0.320 e. The van der Waals surface area contributed by atoms with Gasteiger partial charge in [-0.3, -0.25) is 4.99 Å². The predicted molar refractivity (Wildman–Crippen MR) is 64.0 cm³/mol. The number of amidine groups is 1. The lowest BCUT2D eigenvalue weighted by Crippen LogP contribution is -2.33. The molecule has 0 saturated heterocycles. The number of benzene rings is 1. The van der Waals surface area contributed by atoms with Crippen molar-refractivity contribution < 1.29 is 0 Å². The third-order valence-corrected chi connectivity index (χ3v) is 3.05. The van der Waals surface area contributed by atoms with E-state index >= 15 is 0 Å². The first-order valence-corrected chi connectivity index (χ1v) is 5.38. The molecule has 0 unspecified atom stereocenters. The fourth-order valence-corrected chi connectivity index (χ4v) is 2.30. The molecule has 1 aromatic carbocycles. The van der Waals surface area contributed by atoms with E-state index in [2.05, 4.69) is 14.9 Å². The molecular formula is C10H7Cl2N3. The quantitative estimate of drug-likeness (QED) is 0.685. The average Bonchev–Trinajstić information content (AvgIpc) is 2.69. The fourth-order valence-electron chi connectivity index (χ4n) is 1.84. The third kappa shape index (κ3) is 1.27. The first-order chi connectivity index (χ1) is 7.27. The molecule has 76 valence electrons. The second kappa shape index (κ2) is 3.22. The summed E-state index contributed by atoms with van der Waals surface area (Å²) in [7, 11) is 0. The van der Waals surface area contributed by atoms with E-state index in [0.717, 1.165) is 30.3 Å². The molecule has 0 N–H and O–H groups in total. The Hall–Kier alpha value is -1.06. The predicted octanol–water partition coefficient (Wildman–Crippen LogP) is 2.84. The van der Waals surface area contributed by atoms with E-state index in [4.69, 9.17) is 23.2 Å². The highest BCUT2D eigenvalue weighted by atomic mass is 35.5. The van der Waals surface area contributed by atoms with Gasteiger partial charge >= 0.3 is 0 Å². The molecule has 5 heteroatoms. The van der Waals surface area contributed by atoms with E-state index < -0.39 is 0 Å². The lowest BCUT2D eigenvalue weighted by Gasteiger charge is -2.25. The molecule has 0 radical (unpaired) electrons. The molecule has 2 aliphatic heterocycles. The van der Waals surface area contributed by atoms with Crippen LogP contribution in [0.1, 0.15) is 0 Å². The van der Waals surface area contributed by atoms with Gasteiger partial charge < -0.3 is 4.90 Å². The molecule has 0 aromatic heterocycles. The molecule has 0 bridgehead atoms. The van der Waals surface area contributed by atoms with E-state index in [-0.39, 0.29) is 0 Å². The number of hydrogen-bond acceptors (Lipinski definition) is 3. The van der Waals surface area contributed by atoms with Gasteiger partial charge in [-0.15, -0.1) is 0 Å². The van der Waals surface area contributed by atoms with Crippen molar-refractivity contribution in [2.75, 3.05) is 18.0 Å². The van der Waals surface area contributed by atoms with Crippen LogP contribution in [0.25, 0.3) is 0 Å². The van der Waals surface area contributed by atoms with Crippen LogP contribution >= 0.6 is 23.2 Å². The molecule has 3 rings (SSSR count). The van der Waals surface area contributed by atoms with Crippen LogP contribution in [0.2, 0.25) is 5.02 Å². The van der Waals surface area contributed by atoms with Crippen molar-refractivity contribution in [1.82, 2.24) is 0 Å².